The van der Waals surface area contributed by atoms with Gasteiger partial charge in [-0.15, -0.1) is 0 Å². The van der Waals surface area contributed by atoms with Gasteiger partial charge < -0.3 is 14.7 Å². The summed E-state index contributed by atoms with van der Waals surface area (Å²) in [5.41, 5.74) is 2.12. The van der Waals surface area contributed by atoms with Crippen LogP contribution in [0.4, 0.5) is 5.69 Å². The van der Waals surface area contributed by atoms with E-state index in [1.54, 1.807) is 4.90 Å². The number of nitrogens with zero attached hydrogens (tertiary/aromatic N) is 1. The van der Waals surface area contributed by atoms with Gasteiger partial charge in [0.15, 0.2) is 0 Å². The molecule has 1 unspecified atom stereocenters. The van der Waals surface area contributed by atoms with E-state index in [0.29, 0.717) is 12.5 Å². The summed E-state index contributed by atoms with van der Waals surface area (Å²) >= 11 is 0. The van der Waals surface area contributed by atoms with E-state index >= 15 is 0 Å². The number of carbonyl (C=O) groups excluding carboxylic acids is 1. The number of hydrogen-bond donors (Lipinski definition) is 1. The first-order chi connectivity index (χ1) is 8.61. The molecule has 1 aliphatic heterocycles. The molecule has 1 heterocycles. The van der Waals surface area contributed by atoms with Crippen molar-refractivity contribution in [3.05, 3.63) is 29.8 Å². The SMILES string of the molecule is CC(C)c1ccc(N2CC(CO)OCC2=O)cc1. The lowest BCUT2D eigenvalue weighted by Gasteiger charge is -2.32. The molecule has 1 aromatic rings. The molecule has 18 heavy (non-hydrogen) atoms. The lowest BCUT2D eigenvalue weighted by Crippen LogP contribution is -2.48. The summed E-state index contributed by atoms with van der Waals surface area (Å²) in [6.07, 6.45) is -0.285. The molecule has 1 fully saturated rings. The highest BCUT2D eigenvalue weighted by Gasteiger charge is 2.26. The van der Waals surface area contributed by atoms with Crippen molar-refractivity contribution in [1.82, 2.24) is 0 Å². The molecule has 4 heteroatoms. The second-order valence-electron chi connectivity index (χ2n) is 4.87. The molecule has 0 saturated carbocycles. The first-order valence-electron chi connectivity index (χ1n) is 6.24. The van der Waals surface area contributed by atoms with Gasteiger partial charge in [-0.25, -0.2) is 0 Å². The first kappa shape index (κ1) is 13.1. The van der Waals surface area contributed by atoms with Crippen LogP contribution in [0.2, 0.25) is 0 Å². The molecule has 0 aliphatic carbocycles. The second-order valence-corrected chi connectivity index (χ2v) is 4.87. The minimum atomic E-state index is -0.285. The molecule has 1 saturated heterocycles. The summed E-state index contributed by atoms with van der Waals surface area (Å²) in [5.74, 6) is 0.418. The largest absolute Gasteiger partial charge is 0.394 e. The Morgan fingerprint density at radius 3 is 2.61 bits per heavy atom. The molecule has 1 amide bonds. The number of hydrogen-bond acceptors (Lipinski definition) is 3. The van der Waals surface area contributed by atoms with Gasteiger partial charge in [-0.05, 0) is 23.6 Å². The highest BCUT2D eigenvalue weighted by Crippen LogP contribution is 2.22. The molecule has 1 atom stereocenters. The van der Waals surface area contributed by atoms with Crippen molar-refractivity contribution in [3.63, 3.8) is 0 Å². The van der Waals surface area contributed by atoms with E-state index in [-0.39, 0.29) is 25.2 Å². The molecule has 1 N–H and O–H groups in total. The highest BCUT2D eigenvalue weighted by molar-refractivity contribution is 5.95. The van der Waals surface area contributed by atoms with E-state index in [0.717, 1.165) is 5.69 Å². The molecular formula is C14H19NO3. The number of aliphatic hydroxyl groups is 1. The number of ether oxygens (including phenoxy) is 1. The number of anilines is 1. The average Bonchev–Trinajstić information content (AvgIpc) is 2.39. The van der Waals surface area contributed by atoms with Crippen LogP contribution in [0, 0.1) is 0 Å². The van der Waals surface area contributed by atoms with Gasteiger partial charge in [0, 0.05) is 5.69 Å². The number of morpholine rings is 1. The van der Waals surface area contributed by atoms with Crippen LogP contribution in [0.15, 0.2) is 24.3 Å². The van der Waals surface area contributed by atoms with Crippen molar-refractivity contribution in [2.24, 2.45) is 0 Å². The van der Waals surface area contributed by atoms with Gasteiger partial charge >= 0.3 is 0 Å². The Morgan fingerprint density at radius 2 is 2.06 bits per heavy atom. The monoisotopic (exact) mass is 249 g/mol. The van der Waals surface area contributed by atoms with Gasteiger partial charge in [-0.3, -0.25) is 4.79 Å². The smallest absolute Gasteiger partial charge is 0.253 e. The van der Waals surface area contributed by atoms with Crippen LogP contribution in [-0.4, -0.2) is 36.9 Å². The molecule has 98 valence electrons. The normalized spacial score (nSPS) is 20.6. The Hall–Kier alpha value is -1.39. The zero-order chi connectivity index (χ0) is 13.1. The molecule has 0 radical (unpaired) electrons. The number of aliphatic hydroxyl groups excluding tert-OH is 1. The Balaban J connectivity index is 2.16. The maximum atomic E-state index is 11.8. The molecule has 1 aliphatic rings. The van der Waals surface area contributed by atoms with E-state index in [4.69, 9.17) is 9.84 Å². The van der Waals surface area contributed by atoms with Gasteiger partial charge in [0.1, 0.15) is 6.61 Å². The van der Waals surface area contributed by atoms with Crippen LogP contribution >= 0.6 is 0 Å². The summed E-state index contributed by atoms with van der Waals surface area (Å²) in [5, 5.41) is 9.10. The third kappa shape index (κ3) is 2.71. The number of benzene rings is 1. The van der Waals surface area contributed by atoms with Gasteiger partial charge in [0.2, 0.25) is 0 Å². The summed E-state index contributed by atoms with van der Waals surface area (Å²) in [6.45, 7) is 4.66. The minimum Gasteiger partial charge on any atom is -0.394 e. The maximum absolute atomic E-state index is 11.8. The summed E-state index contributed by atoms with van der Waals surface area (Å²) in [7, 11) is 0. The quantitative estimate of drug-likeness (QED) is 0.884. The van der Waals surface area contributed by atoms with Crippen LogP contribution in [-0.2, 0) is 9.53 Å². The predicted molar refractivity (Wildman–Crippen MR) is 69.7 cm³/mol. The van der Waals surface area contributed by atoms with Crippen molar-refractivity contribution in [1.29, 1.82) is 0 Å². The van der Waals surface area contributed by atoms with Gasteiger partial charge in [-0.1, -0.05) is 26.0 Å². The predicted octanol–water partition coefficient (Wildman–Crippen LogP) is 1.53. The van der Waals surface area contributed by atoms with Gasteiger partial charge in [-0.2, -0.15) is 0 Å². The van der Waals surface area contributed by atoms with Crippen LogP contribution in [0.1, 0.15) is 25.3 Å². The van der Waals surface area contributed by atoms with Crippen LogP contribution in [0.3, 0.4) is 0 Å². The van der Waals surface area contributed by atoms with Crippen molar-refractivity contribution < 1.29 is 14.6 Å². The standard InChI is InChI=1S/C14H19NO3/c1-10(2)11-3-5-12(6-4-11)15-7-13(8-16)18-9-14(15)17/h3-6,10,13,16H,7-9H2,1-2H3. The Morgan fingerprint density at radius 1 is 1.39 bits per heavy atom. The Labute approximate surface area is 107 Å². The maximum Gasteiger partial charge on any atom is 0.253 e. The zero-order valence-electron chi connectivity index (χ0n) is 10.8. The molecular weight excluding hydrogens is 230 g/mol. The van der Waals surface area contributed by atoms with Crippen LogP contribution in [0.5, 0.6) is 0 Å². The van der Waals surface area contributed by atoms with Crippen molar-refractivity contribution in [2.75, 3.05) is 24.7 Å². The summed E-state index contributed by atoms with van der Waals surface area (Å²) < 4.78 is 5.21. The zero-order valence-corrected chi connectivity index (χ0v) is 10.8. The van der Waals surface area contributed by atoms with E-state index in [2.05, 4.69) is 13.8 Å². The number of rotatable bonds is 3. The number of amides is 1. The van der Waals surface area contributed by atoms with E-state index in [1.165, 1.54) is 5.56 Å². The van der Waals surface area contributed by atoms with Gasteiger partial charge in [0.05, 0.1) is 19.3 Å². The number of carbonyl (C=O) groups is 1. The van der Waals surface area contributed by atoms with Crippen molar-refractivity contribution in [3.8, 4) is 0 Å². The molecule has 1 aromatic carbocycles. The fourth-order valence-electron chi connectivity index (χ4n) is 2.02. The topological polar surface area (TPSA) is 49.8 Å². The Kier molecular flexibility index (Phi) is 3.99. The van der Waals surface area contributed by atoms with E-state index < -0.39 is 0 Å². The van der Waals surface area contributed by atoms with Gasteiger partial charge in [0.25, 0.3) is 5.91 Å². The van der Waals surface area contributed by atoms with E-state index in [9.17, 15) is 4.79 Å². The summed E-state index contributed by atoms with van der Waals surface area (Å²) in [6, 6.07) is 7.98. The lowest BCUT2D eigenvalue weighted by molar-refractivity contribution is -0.130. The Bertz CT molecular complexity index is 414. The van der Waals surface area contributed by atoms with Crippen molar-refractivity contribution in [2.45, 2.75) is 25.9 Å². The molecule has 0 bridgehead atoms. The first-order valence-corrected chi connectivity index (χ1v) is 6.24. The minimum absolute atomic E-state index is 0.0388. The fourth-order valence-corrected chi connectivity index (χ4v) is 2.02. The average molecular weight is 249 g/mol. The molecule has 2 rings (SSSR count). The molecule has 0 spiro atoms. The second kappa shape index (κ2) is 5.50. The third-order valence-electron chi connectivity index (χ3n) is 3.20. The van der Waals surface area contributed by atoms with Crippen molar-refractivity contribution >= 4 is 11.6 Å². The van der Waals surface area contributed by atoms with E-state index in [1.807, 2.05) is 24.3 Å². The van der Waals surface area contributed by atoms with Crippen LogP contribution < -0.4 is 4.90 Å². The molecule has 4 nitrogen and oxygen atoms in total. The molecule has 0 aromatic heterocycles. The third-order valence-corrected chi connectivity index (χ3v) is 3.20. The van der Waals surface area contributed by atoms with Crippen LogP contribution in [0.25, 0.3) is 0 Å². The highest BCUT2D eigenvalue weighted by atomic mass is 16.5. The summed E-state index contributed by atoms with van der Waals surface area (Å²) in [4.78, 5) is 13.5. The fraction of sp³-hybridized carbons (Fsp3) is 0.500. The lowest BCUT2D eigenvalue weighted by atomic mass is 10.0.